The number of nitrogens with zero attached hydrogens (tertiary/aromatic N) is 3. The first-order chi connectivity index (χ1) is 11.9. The molecule has 0 saturated carbocycles. The van der Waals surface area contributed by atoms with Crippen molar-refractivity contribution in [2.45, 2.75) is 6.54 Å². The fourth-order valence-electron chi connectivity index (χ4n) is 1.95. The molecule has 0 aliphatic rings. The Morgan fingerprint density at radius 2 is 2.20 bits per heavy atom. The average Bonchev–Trinajstić information content (AvgIpc) is 3.20. The fourth-order valence-corrected chi connectivity index (χ4v) is 1.95. The Morgan fingerprint density at radius 1 is 1.40 bits per heavy atom. The first-order valence-corrected chi connectivity index (χ1v) is 6.79. The summed E-state index contributed by atoms with van der Waals surface area (Å²) in [6.45, 7) is -0.578. The lowest BCUT2D eigenvalue weighted by Gasteiger charge is -2.05. The van der Waals surface area contributed by atoms with Crippen LogP contribution in [0.15, 0.2) is 50.2 Å². The van der Waals surface area contributed by atoms with Crippen LogP contribution in [0.1, 0.15) is 0 Å². The molecule has 0 aliphatic carbocycles. The Hall–Kier alpha value is -3.76. The van der Waals surface area contributed by atoms with Gasteiger partial charge in [0.05, 0.1) is 16.9 Å². The molecule has 0 spiro atoms. The van der Waals surface area contributed by atoms with Crippen molar-refractivity contribution in [2.75, 3.05) is 5.32 Å². The van der Waals surface area contributed by atoms with Crippen LogP contribution in [0.25, 0.3) is 11.7 Å². The highest BCUT2D eigenvalue weighted by Gasteiger charge is 2.17. The van der Waals surface area contributed by atoms with Crippen molar-refractivity contribution in [3.05, 3.63) is 63.1 Å². The summed E-state index contributed by atoms with van der Waals surface area (Å²) in [5.41, 5.74) is -0.780. The second-order valence-corrected chi connectivity index (χ2v) is 4.78. The molecule has 0 atom stereocenters. The third kappa shape index (κ3) is 3.44. The number of nitro groups is 1. The van der Waals surface area contributed by atoms with Crippen molar-refractivity contribution in [1.82, 2.24) is 9.78 Å². The third-order valence-electron chi connectivity index (χ3n) is 3.07. The van der Waals surface area contributed by atoms with Gasteiger partial charge in [-0.15, -0.1) is 5.10 Å². The lowest BCUT2D eigenvalue weighted by atomic mass is 10.2. The van der Waals surface area contributed by atoms with Gasteiger partial charge in [-0.1, -0.05) is 0 Å². The maximum absolute atomic E-state index is 13.6. The summed E-state index contributed by atoms with van der Waals surface area (Å²) in [4.78, 5) is 33.6. The fraction of sp³-hybridized carbons (Fsp3) is 0.0714. The minimum atomic E-state index is -0.916. The van der Waals surface area contributed by atoms with E-state index in [1.54, 1.807) is 6.07 Å². The van der Waals surface area contributed by atoms with Crippen molar-refractivity contribution in [3.8, 4) is 11.7 Å². The number of amides is 1. The number of hydrogen-bond acceptors (Lipinski definition) is 7. The smallest absolute Gasteiger partial charge is 0.437 e. The molecule has 0 saturated heterocycles. The van der Waals surface area contributed by atoms with Crippen molar-refractivity contribution in [1.29, 1.82) is 0 Å². The van der Waals surface area contributed by atoms with Crippen molar-refractivity contribution < 1.29 is 22.9 Å². The van der Waals surface area contributed by atoms with Gasteiger partial charge < -0.3 is 14.2 Å². The van der Waals surface area contributed by atoms with Crippen molar-refractivity contribution in [3.63, 3.8) is 0 Å². The SMILES string of the molecule is O=C(Cn1nc(-c2ccco2)oc1=O)Nc1cc([N+](=O)[O-])ccc1F. The summed E-state index contributed by atoms with van der Waals surface area (Å²) in [7, 11) is 0. The zero-order valence-electron chi connectivity index (χ0n) is 12.3. The van der Waals surface area contributed by atoms with Crippen LogP contribution in [0, 0.1) is 15.9 Å². The van der Waals surface area contributed by atoms with E-state index in [1.807, 2.05) is 0 Å². The first-order valence-electron chi connectivity index (χ1n) is 6.79. The predicted molar refractivity (Wildman–Crippen MR) is 80.1 cm³/mol. The van der Waals surface area contributed by atoms with E-state index < -0.39 is 34.6 Å². The molecule has 0 radical (unpaired) electrons. The van der Waals surface area contributed by atoms with Crippen LogP contribution in [0.3, 0.4) is 0 Å². The molecule has 2 aromatic heterocycles. The molecule has 0 unspecified atom stereocenters. The highest BCUT2D eigenvalue weighted by atomic mass is 19.1. The Bertz CT molecular complexity index is 991. The van der Waals surface area contributed by atoms with Crippen LogP contribution in [-0.2, 0) is 11.3 Å². The number of nitro benzene ring substituents is 1. The van der Waals surface area contributed by atoms with Crippen LogP contribution >= 0.6 is 0 Å². The van der Waals surface area contributed by atoms with Gasteiger partial charge in [0.1, 0.15) is 12.4 Å². The first kappa shape index (κ1) is 16.1. The quantitative estimate of drug-likeness (QED) is 0.548. The summed E-state index contributed by atoms with van der Waals surface area (Å²) in [6, 6.07) is 5.75. The maximum atomic E-state index is 13.6. The number of hydrogen-bond donors (Lipinski definition) is 1. The highest BCUT2D eigenvalue weighted by Crippen LogP contribution is 2.21. The lowest BCUT2D eigenvalue weighted by molar-refractivity contribution is -0.384. The van der Waals surface area contributed by atoms with Gasteiger partial charge >= 0.3 is 5.76 Å². The second kappa shape index (κ2) is 6.39. The lowest BCUT2D eigenvalue weighted by Crippen LogP contribution is -2.26. The second-order valence-electron chi connectivity index (χ2n) is 4.78. The van der Waals surface area contributed by atoms with Gasteiger partial charge in [0.2, 0.25) is 5.91 Å². The van der Waals surface area contributed by atoms with Crippen LogP contribution in [0.2, 0.25) is 0 Å². The minimum absolute atomic E-state index is 0.121. The van der Waals surface area contributed by atoms with E-state index in [2.05, 4.69) is 10.4 Å². The molecular weight excluding hydrogens is 339 g/mol. The third-order valence-corrected chi connectivity index (χ3v) is 3.07. The van der Waals surface area contributed by atoms with Gasteiger partial charge in [0.15, 0.2) is 5.76 Å². The Kier molecular flexibility index (Phi) is 4.12. The standard InChI is InChI=1S/C14H9FN4O6/c15-9-4-3-8(19(22)23)6-10(9)16-12(20)7-18-14(21)25-13(17-18)11-2-1-5-24-11/h1-6H,7H2,(H,16,20). The molecule has 3 rings (SSSR count). The molecule has 3 aromatic rings. The Morgan fingerprint density at radius 3 is 2.88 bits per heavy atom. The predicted octanol–water partition coefficient (Wildman–Crippen LogP) is 1.78. The number of halogens is 1. The molecule has 10 nitrogen and oxygen atoms in total. The van der Waals surface area contributed by atoms with E-state index in [0.29, 0.717) is 4.68 Å². The van der Waals surface area contributed by atoms with Crippen LogP contribution in [-0.4, -0.2) is 20.6 Å². The number of furan rings is 1. The number of nitrogens with one attached hydrogen (secondary N) is 1. The molecule has 0 bridgehead atoms. The van der Waals surface area contributed by atoms with Gasteiger partial charge in [0.25, 0.3) is 11.6 Å². The molecular formula is C14H9FN4O6. The van der Waals surface area contributed by atoms with Gasteiger partial charge in [0, 0.05) is 12.1 Å². The monoisotopic (exact) mass is 348 g/mol. The average molecular weight is 348 g/mol. The number of carbonyl (C=O) groups is 1. The van der Waals surface area contributed by atoms with E-state index >= 15 is 0 Å². The number of aromatic nitrogens is 2. The molecule has 2 heterocycles. The van der Waals surface area contributed by atoms with Crippen LogP contribution < -0.4 is 11.1 Å². The Balaban J connectivity index is 1.76. The molecule has 1 N–H and O–H groups in total. The molecule has 25 heavy (non-hydrogen) atoms. The molecule has 0 aliphatic heterocycles. The normalized spacial score (nSPS) is 10.6. The summed E-state index contributed by atoms with van der Waals surface area (Å²) < 4.78 is 24.2. The van der Waals surface area contributed by atoms with E-state index in [9.17, 15) is 24.1 Å². The number of non-ortho nitro benzene ring substituents is 1. The van der Waals surface area contributed by atoms with E-state index in [0.717, 1.165) is 18.2 Å². The maximum Gasteiger partial charge on any atom is 0.437 e. The topological polar surface area (TPSA) is 133 Å². The summed E-state index contributed by atoms with van der Waals surface area (Å²) >= 11 is 0. The zero-order chi connectivity index (χ0) is 18.0. The zero-order valence-corrected chi connectivity index (χ0v) is 12.3. The largest absolute Gasteiger partial charge is 0.459 e. The molecule has 0 fully saturated rings. The van der Waals surface area contributed by atoms with Crippen LogP contribution in [0.4, 0.5) is 15.8 Å². The molecule has 1 aromatic carbocycles. The summed E-state index contributed by atoms with van der Waals surface area (Å²) in [5.74, 6) is -2.52. The van der Waals surface area contributed by atoms with Crippen LogP contribution in [0.5, 0.6) is 0 Å². The number of carbonyl (C=O) groups excluding carboxylic acids is 1. The number of anilines is 1. The number of benzene rings is 1. The summed E-state index contributed by atoms with van der Waals surface area (Å²) in [6.07, 6.45) is 1.35. The molecule has 128 valence electrons. The minimum Gasteiger partial charge on any atom is -0.459 e. The van der Waals surface area contributed by atoms with Gasteiger partial charge in [-0.05, 0) is 18.2 Å². The molecule has 11 heteroatoms. The van der Waals surface area contributed by atoms with Gasteiger partial charge in [-0.25, -0.2) is 9.18 Å². The van der Waals surface area contributed by atoms with Gasteiger partial charge in [-0.3, -0.25) is 14.9 Å². The van der Waals surface area contributed by atoms with Crippen molar-refractivity contribution >= 4 is 17.3 Å². The van der Waals surface area contributed by atoms with Crippen molar-refractivity contribution in [2.24, 2.45) is 0 Å². The summed E-state index contributed by atoms with van der Waals surface area (Å²) in [5, 5.41) is 16.6. The highest BCUT2D eigenvalue weighted by molar-refractivity contribution is 5.91. The molecule has 1 amide bonds. The Labute approximate surface area is 137 Å². The van der Waals surface area contributed by atoms with E-state index in [-0.39, 0.29) is 17.3 Å². The number of rotatable bonds is 5. The van der Waals surface area contributed by atoms with Gasteiger partial charge in [-0.2, -0.15) is 4.68 Å². The van der Waals surface area contributed by atoms with E-state index in [1.165, 1.54) is 12.3 Å². The van der Waals surface area contributed by atoms with E-state index in [4.69, 9.17) is 8.83 Å².